The number of rotatable bonds is 6. The fraction of sp³-hybridized carbons (Fsp3) is 0.176. The number of hydrazone groups is 1. The van der Waals surface area contributed by atoms with E-state index >= 15 is 0 Å². The lowest BCUT2D eigenvalue weighted by Crippen LogP contribution is -2.31. The van der Waals surface area contributed by atoms with E-state index in [1.165, 1.54) is 12.1 Å². The Labute approximate surface area is 140 Å². The number of nitrogens with zero attached hydrogens (tertiary/aromatic N) is 1. The maximum absolute atomic E-state index is 12.8. The van der Waals surface area contributed by atoms with Crippen LogP contribution in [0, 0.1) is 5.82 Å². The molecule has 120 valence electrons. The van der Waals surface area contributed by atoms with Gasteiger partial charge in [0, 0.05) is 6.54 Å². The molecule has 0 aromatic heterocycles. The summed E-state index contributed by atoms with van der Waals surface area (Å²) in [5.74, 6) is 0.488. The number of ether oxygens (including phenoxy) is 1. The monoisotopic (exact) mass is 331 g/mol. The molecule has 0 saturated carbocycles. The van der Waals surface area contributed by atoms with Crippen LogP contribution >= 0.6 is 12.2 Å². The quantitative estimate of drug-likeness (QED) is 0.485. The second kappa shape index (κ2) is 8.85. The minimum absolute atomic E-state index is 0.250. The smallest absolute Gasteiger partial charge is 0.186 e. The van der Waals surface area contributed by atoms with Crippen LogP contribution in [0.5, 0.6) is 5.75 Å². The SMILES string of the molecule is CCNC(=S)NN=Cc1ccc(OCc2ccc(F)cc2)cc1. The molecule has 2 N–H and O–H groups in total. The fourth-order valence-corrected chi connectivity index (χ4v) is 1.96. The molecule has 0 aliphatic carbocycles. The lowest BCUT2D eigenvalue weighted by Gasteiger charge is -2.06. The molecule has 4 nitrogen and oxygen atoms in total. The molecule has 0 aliphatic rings. The van der Waals surface area contributed by atoms with Crippen LogP contribution < -0.4 is 15.5 Å². The number of benzene rings is 2. The van der Waals surface area contributed by atoms with E-state index in [4.69, 9.17) is 17.0 Å². The molecule has 0 aliphatic heterocycles. The first kappa shape index (κ1) is 16.9. The molecule has 0 fully saturated rings. The van der Waals surface area contributed by atoms with Gasteiger partial charge in [-0.2, -0.15) is 5.10 Å². The van der Waals surface area contributed by atoms with Gasteiger partial charge in [-0.3, -0.25) is 5.43 Å². The summed E-state index contributed by atoms with van der Waals surface area (Å²) in [7, 11) is 0. The van der Waals surface area contributed by atoms with E-state index in [0.29, 0.717) is 11.7 Å². The van der Waals surface area contributed by atoms with E-state index in [1.54, 1.807) is 18.3 Å². The number of halogens is 1. The molecule has 0 atom stereocenters. The van der Waals surface area contributed by atoms with E-state index in [1.807, 2.05) is 31.2 Å². The Morgan fingerprint density at radius 1 is 1.17 bits per heavy atom. The lowest BCUT2D eigenvalue weighted by molar-refractivity contribution is 0.306. The van der Waals surface area contributed by atoms with E-state index in [2.05, 4.69) is 15.8 Å². The fourth-order valence-electron chi connectivity index (χ4n) is 1.76. The average molecular weight is 331 g/mol. The van der Waals surface area contributed by atoms with Gasteiger partial charge >= 0.3 is 0 Å². The van der Waals surface area contributed by atoms with Crippen molar-refractivity contribution in [3.8, 4) is 5.75 Å². The van der Waals surface area contributed by atoms with Crippen LogP contribution in [0.3, 0.4) is 0 Å². The second-order valence-electron chi connectivity index (χ2n) is 4.71. The van der Waals surface area contributed by atoms with Crippen molar-refractivity contribution in [3.05, 3.63) is 65.5 Å². The van der Waals surface area contributed by atoms with E-state index in [-0.39, 0.29) is 5.82 Å². The van der Waals surface area contributed by atoms with Gasteiger partial charge in [0.15, 0.2) is 5.11 Å². The summed E-state index contributed by atoms with van der Waals surface area (Å²) in [6, 6.07) is 13.7. The van der Waals surface area contributed by atoms with Crippen LogP contribution in [-0.2, 0) is 6.61 Å². The highest BCUT2D eigenvalue weighted by Crippen LogP contribution is 2.13. The summed E-state index contributed by atoms with van der Waals surface area (Å²) in [4.78, 5) is 0. The van der Waals surface area contributed by atoms with Gasteiger partial charge in [-0.25, -0.2) is 4.39 Å². The Balaban J connectivity index is 1.83. The number of hydrogen-bond donors (Lipinski definition) is 2. The van der Waals surface area contributed by atoms with Crippen molar-refractivity contribution in [2.45, 2.75) is 13.5 Å². The summed E-state index contributed by atoms with van der Waals surface area (Å²) in [6.07, 6.45) is 1.67. The van der Waals surface area contributed by atoms with Gasteiger partial charge in [0.2, 0.25) is 0 Å². The minimum atomic E-state index is -0.250. The molecular weight excluding hydrogens is 313 g/mol. The zero-order chi connectivity index (χ0) is 16.5. The van der Waals surface area contributed by atoms with Crippen molar-refractivity contribution in [2.75, 3.05) is 6.54 Å². The number of nitrogens with one attached hydrogen (secondary N) is 2. The van der Waals surface area contributed by atoms with Crippen LogP contribution in [-0.4, -0.2) is 17.9 Å². The Kier molecular flexibility index (Phi) is 6.50. The zero-order valence-corrected chi connectivity index (χ0v) is 13.6. The third-order valence-corrected chi connectivity index (χ3v) is 3.15. The van der Waals surface area contributed by atoms with Crippen molar-refractivity contribution in [2.24, 2.45) is 5.10 Å². The molecule has 0 bridgehead atoms. The van der Waals surface area contributed by atoms with Gasteiger partial charge < -0.3 is 10.1 Å². The molecule has 0 saturated heterocycles. The maximum Gasteiger partial charge on any atom is 0.186 e. The third kappa shape index (κ3) is 6.04. The van der Waals surface area contributed by atoms with Crippen LogP contribution in [0.2, 0.25) is 0 Å². The van der Waals surface area contributed by atoms with Gasteiger partial charge in [0.05, 0.1) is 6.21 Å². The predicted molar refractivity (Wildman–Crippen MR) is 94.2 cm³/mol. The molecule has 23 heavy (non-hydrogen) atoms. The summed E-state index contributed by atoms with van der Waals surface area (Å²) < 4.78 is 18.5. The highest BCUT2D eigenvalue weighted by atomic mass is 32.1. The van der Waals surface area contributed by atoms with Crippen LogP contribution in [0.4, 0.5) is 4.39 Å². The van der Waals surface area contributed by atoms with Crippen molar-refractivity contribution in [3.63, 3.8) is 0 Å². The Morgan fingerprint density at radius 3 is 2.52 bits per heavy atom. The summed E-state index contributed by atoms with van der Waals surface area (Å²) in [5.41, 5.74) is 4.56. The van der Waals surface area contributed by atoms with Crippen LogP contribution in [0.1, 0.15) is 18.1 Å². The first-order valence-electron chi connectivity index (χ1n) is 7.21. The minimum Gasteiger partial charge on any atom is -0.489 e. The average Bonchev–Trinajstić information content (AvgIpc) is 2.56. The largest absolute Gasteiger partial charge is 0.489 e. The molecule has 0 unspecified atom stereocenters. The second-order valence-corrected chi connectivity index (χ2v) is 5.12. The standard InChI is InChI=1S/C17H18FN3OS/c1-2-19-17(23)21-20-11-13-5-9-16(10-6-13)22-12-14-3-7-15(18)8-4-14/h3-11H,2,12H2,1H3,(H2,19,21,23). The first-order valence-corrected chi connectivity index (χ1v) is 7.62. The highest BCUT2D eigenvalue weighted by molar-refractivity contribution is 7.80. The Morgan fingerprint density at radius 2 is 1.87 bits per heavy atom. The normalized spacial score (nSPS) is 10.5. The van der Waals surface area contributed by atoms with Gasteiger partial charge in [-0.05, 0) is 66.7 Å². The molecule has 0 spiro atoms. The van der Waals surface area contributed by atoms with E-state index in [0.717, 1.165) is 23.4 Å². The molecule has 2 aromatic carbocycles. The Bertz CT molecular complexity index is 657. The van der Waals surface area contributed by atoms with E-state index < -0.39 is 0 Å². The molecule has 0 amide bonds. The summed E-state index contributed by atoms with van der Waals surface area (Å²) in [6.45, 7) is 3.11. The molecule has 0 heterocycles. The van der Waals surface area contributed by atoms with Crippen molar-refractivity contribution in [1.29, 1.82) is 0 Å². The third-order valence-electron chi connectivity index (χ3n) is 2.92. The van der Waals surface area contributed by atoms with Gasteiger partial charge in [-0.1, -0.05) is 12.1 Å². The summed E-state index contributed by atoms with van der Waals surface area (Å²) >= 11 is 5.00. The predicted octanol–water partition coefficient (Wildman–Crippen LogP) is 3.22. The maximum atomic E-state index is 12.8. The van der Waals surface area contributed by atoms with Crippen molar-refractivity contribution >= 4 is 23.5 Å². The van der Waals surface area contributed by atoms with E-state index in [9.17, 15) is 4.39 Å². The topological polar surface area (TPSA) is 45.7 Å². The molecule has 6 heteroatoms. The molecule has 2 rings (SSSR count). The molecule has 0 radical (unpaired) electrons. The number of thiocarbonyl (C=S) groups is 1. The number of hydrogen-bond acceptors (Lipinski definition) is 3. The molecule has 2 aromatic rings. The van der Waals surface area contributed by atoms with Crippen molar-refractivity contribution < 1.29 is 9.13 Å². The van der Waals surface area contributed by atoms with Crippen LogP contribution in [0.15, 0.2) is 53.6 Å². The highest BCUT2D eigenvalue weighted by Gasteiger charge is 1.97. The van der Waals surface area contributed by atoms with Crippen LogP contribution in [0.25, 0.3) is 0 Å². The van der Waals surface area contributed by atoms with Crippen molar-refractivity contribution in [1.82, 2.24) is 10.7 Å². The van der Waals surface area contributed by atoms with Gasteiger partial charge in [0.1, 0.15) is 18.2 Å². The van der Waals surface area contributed by atoms with Gasteiger partial charge in [-0.15, -0.1) is 0 Å². The summed E-state index contributed by atoms with van der Waals surface area (Å²) in [5, 5.41) is 7.47. The zero-order valence-electron chi connectivity index (χ0n) is 12.8. The Hall–Kier alpha value is -2.47. The first-order chi connectivity index (χ1) is 11.2. The lowest BCUT2D eigenvalue weighted by atomic mass is 10.2. The molecular formula is C17H18FN3OS. The van der Waals surface area contributed by atoms with Gasteiger partial charge in [0.25, 0.3) is 0 Å².